The number of aromatic nitrogens is 2. The molecule has 2 heterocycles. The molecule has 2 aromatic heterocycles. The Kier molecular flexibility index (Phi) is 3.60. The molecule has 1 unspecified atom stereocenters. The molecular formula is C17H17ClN2O. The zero-order chi connectivity index (χ0) is 15.0. The quantitative estimate of drug-likeness (QED) is 0.671. The maximum Gasteiger partial charge on any atom is 0.138 e. The van der Waals surface area contributed by atoms with Crippen molar-refractivity contribution in [2.45, 2.75) is 12.8 Å². The average Bonchev–Trinajstić information content (AvgIpc) is 2.85. The van der Waals surface area contributed by atoms with Crippen molar-refractivity contribution in [2.24, 2.45) is 7.05 Å². The topological polar surface area (TPSA) is 27.1 Å². The van der Waals surface area contributed by atoms with Crippen LogP contribution in [0.4, 0.5) is 0 Å². The van der Waals surface area contributed by atoms with Gasteiger partial charge in [0.15, 0.2) is 0 Å². The Balaban J connectivity index is 2.06. The summed E-state index contributed by atoms with van der Waals surface area (Å²) in [5, 5.41) is 1.55. The van der Waals surface area contributed by atoms with Gasteiger partial charge in [0.1, 0.15) is 10.9 Å². The highest BCUT2D eigenvalue weighted by atomic mass is 35.5. The van der Waals surface area contributed by atoms with Crippen LogP contribution >= 0.6 is 11.6 Å². The van der Waals surface area contributed by atoms with Crippen molar-refractivity contribution < 1.29 is 4.74 Å². The van der Waals surface area contributed by atoms with Crippen molar-refractivity contribution in [2.75, 3.05) is 7.11 Å². The molecule has 21 heavy (non-hydrogen) atoms. The molecule has 4 heteroatoms. The van der Waals surface area contributed by atoms with Gasteiger partial charge in [0.05, 0.1) is 12.6 Å². The monoisotopic (exact) mass is 300 g/mol. The first-order valence-electron chi connectivity index (χ1n) is 6.85. The number of benzene rings is 1. The largest absolute Gasteiger partial charge is 0.497 e. The third-order valence-electron chi connectivity index (χ3n) is 4.02. The summed E-state index contributed by atoms with van der Waals surface area (Å²) >= 11 is 6.19. The van der Waals surface area contributed by atoms with Crippen LogP contribution in [0.2, 0.25) is 5.15 Å². The Morgan fingerprint density at radius 1 is 1.19 bits per heavy atom. The summed E-state index contributed by atoms with van der Waals surface area (Å²) in [5.74, 6) is 1.14. The van der Waals surface area contributed by atoms with E-state index in [1.54, 1.807) is 13.3 Å². The number of hydrogen-bond acceptors (Lipinski definition) is 2. The minimum Gasteiger partial charge on any atom is -0.497 e. The highest BCUT2D eigenvalue weighted by Gasteiger charge is 2.16. The van der Waals surface area contributed by atoms with Gasteiger partial charge in [-0.15, -0.1) is 0 Å². The molecule has 0 aliphatic heterocycles. The average molecular weight is 301 g/mol. The maximum absolute atomic E-state index is 6.19. The Labute approximate surface area is 129 Å². The van der Waals surface area contributed by atoms with E-state index in [1.807, 2.05) is 18.2 Å². The molecule has 0 amide bonds. The van der Waals surface area contributed by atoms with Crippen LogP contribution in [0.5, 0.6) is 5.75 Å². The van der Waals surface area contributed by atoms with Gasteiger partial charge in [0.2, 0.25) is 0 Å². The van der Waals surface area contributed by atoms with Crippen LogP contribution in [0.1, 0.15) is 24.1 Å². The van der Waals surface area contributed by atoms with E-state index in [0.29, 0.717) is 5.15 Å². The van der Waals surface area contributed by atoms with E-state index in [-0.39, 0.29) is 5.92 Å². The summed E-state index contributed by atoms with van der Waals surface area (Å²) in [6, 6.07) is 12.3. The minimum atomic E-state index is 0.268. The van der Waals surface area contributed by atoms with Gasteiger partial charge >= 0.3 is 0 Å². The molecule has 0 N–H and O–H groups in total. The van der Waals surface area contributed by atoms with Gasteiger partial charge < -0.3 is 9.30 Å². The van der Waals surface area contributed by atoms with Crippen molar-refractivity contribution in [3.63, 3.8) is 0 Å². The fourth-order valence-corrected chi connectivity index (χ4v) is 2.93. The first-order valence-corrected chi connectivity index (χ1v) is 7.23. The number of aryl methyl sites for hydroxylation is 1. The zero-order valence-corrected chi connectivity index (χ0v) is 13.1. The Morgan fingerprint density at radius 2 is 1.90 bits per heavy atom. The lowest BCUT2D eigenvalue weighted by Crippen LogP contribution is -2.02. The van der Waals surface area contributed by atoms with Crippen molar-refractivity contribution in [3.8, 4) is 5.75 Å². The van der Waals surface area contributed by atoms with Crippen LogP contribution < -0.4 is 4.74 Å². The van der Waals surface area contributed by atoms with Crippen LogP contribution in [0.25, 0.3) is 10.9 Å². The third kappa shape index (κ3) is 2.38. The van der Waals surface area contributed by atoms with E-state index in [1.165, 1.54) is 11.3 Å². The second kappa shape index (κ2) is 5.41. The van der Waals surface area contributed by atoms with Crippen LogP contribution in [-0.4, -0.2) is 16.7 Å². The van der Waals surface area contributed by atoms with Gasteiger partial charge in [-0.2, -0.15) is 0 Å². The molecule has 108 valence electrons. The van der Waals surface area contributed by atoms with Gasteiger partial charge in [0, 0.05) is 30.2 Å². The lowest BCUT2D eigenvalue weighted by Gasteiger charge is -2.14. The summed E-state index contributed by atoms with van der Waals surface area (Å²) in [4.78, 5) is 4.15. The van der Waals surface area contributed by atoms with Crippen molar-refractivity contribution in [1.82, 2.24) is 9.55 Å². The normalized spacial score (nSPS) is 12.6. The summed E-state index contributed by atoms with van der Waals surface area (Å²) in [6.45, 7) is 2.19. The van der Waals surface area contributed by atoms with Crippen LogP contribution in [-0.2, 0) is 7.05 Å². The number of methoxy groups -OCH3 is 1. The molecule has 0 fully saturated rings. The van der Waals surface area contributed by atoms with Gasteiger partial charge in [-0.1, -0.05) is 30.7 Å². The van der Waals surface area contributed by atoms with Gasteiger partial charge in [-0.3, -0.25) is 0 Å². The summed E-state index contributed by atoms with van der Waals surface area (Å²) < 4.78 is 7.39. The summed E-state index contributed by atoms with van der Waals surface area (Å²) in [6.07, 6.45) is 1.74. The van der Waals surface area contributed by atoms with E-state index in [9.17, 15) is 0 Å². The van der Waals surface area contributed by atoms with E-state index in [4.69, 9.17) is 16.3 Å². The standard InChI is InChI=1S/C17H17ClN2O/c1-11(12-4-6-13(21-3)7-5-12)16-10-14-15(20(16)2)8-9-19-17(14)18/h4-11H,1-3H3. The predicted octanol–water partition coefficient (Wildman–Crippen LogP) is 4.39. The van der Waals surface area contributed by atoms with Crippen LogP contribution in [0.3, 0.4) is 0 Å². The molecule has 3 nitrogen and oxygen atoms in total. The SMILES string of the molecule is COc1ccc(C(C)c2cc3c(Cl)nccc3n2C)cc1. The second-order valence-electron chi connectivity index (χ2n) is 5.16. The summed E-state index contributed by atoms with van der Waals surface area (Å²) in [7, 11) is 3.74. The van der Waals surface area contributed by atoms with Crippen molar-refractivity contribution >= 4 is 22.5 Å². The lowest BCUT2D eigenvalue weighted by molar-refractivity contribution is 0.414. The predicted molar refractivity (Wildman–Crippen MR) is 86.2 cm³/mol. The van der Waals surface area contributed by atoms with E-state index in [0.717, 1.165) is 16.7 Å². The van der Waals surface area contributed by atoms with Crippen molar-refractivity contribution in [1.29, 1.82) is 0 Å². The number of nitrogens with zero attached hydrogens (tertiary/aromatic N) is 2. The highest BCUT2D eigenvalue weighted by Crippen LogP contribution is 2.32. The van der Waals surface area contributed by atoms with Gasteiger partial charge in [0.25, 0.3) is 0 Å². The molecule has 0 saturated carbocycles. The van der Waals surface area contributed by atoms with Gasteiger partial charge in [-0.25, -0.2) is 4.98 Å². The summed E-state index contributed by atoms with van der Waals surface area (Å²) in [5.41, 5.74) is 3.56. The van der Waals surface area contributed by atoms with E-state index in [2.05, 4.69) is 41.7 Å². The zero-order valence-electron chi connectivity index (χ0n) is 12.3. The van der Waals surface area contributed by atoms with E-state index < -0.39 is 0 Å². The minimum absolute atomic E-state index is 0.268. The maximum atomic E-state index is 6.19. The molecule has 3 aromatic rings. The Morgan fingerprint density at radius 3 is 2.52 bits per heavy atom. The number of fused-ring (bicyclic) bond motifs is 1. The van der Waals surface area contributed by atoms with E-state index >= 15 is 0 Å². The molecule has 0 radical (unpaired) electrons. The number of ether oxygens (including phenoxy) is 1. The number of hydrogen-bond donors (Lipinski definition) is 0. The molecular weight excluding hydrogens is 284 g/mol. The second-order valence-corrected chi connectivity index (χ2v) is 5.52. The van der Waals surface area contributed by atoms with Crippen molar-refractivity contribution in [3.05, 3.63) is 59.0 Å². The van der Waals surface area contributed by atoms with Gasteiger partial charge in [-0.05, 0) is 29.8 Å². The molecule has 0 spiro atoms. The fraction of sp³-hybridized carbons (Fsp3) is 0.235. The lowest BCUT2D eigenvalue weighted by atomic mass is 9.97. The number of rotatable bonds is 3. The highest BCUT2D eigenvalue weighted by molar-refractivity contribution is 6.34. The molecule has 0 aliphatic carbocycles. The molecule has 3 rings (SSSR count). The number of pyridine rings is 1. The smallest absolute Gasteiger partial charge is 0.138 e. The fourth-order valence-electron chi connectivity index (χ4n) is 2.73. The molecule has 0 aliphatic rings. The van der Waals surface area contributed by atoms with Crippen LogP contribution in [0.15, 0.2) is 42.6 Å². The Hall–Kier alpha value is -2.00. The number of halogens is 1. The molecule has 0 saturated heterocycles. The van der Waals surface area contributed by atoms with Crippen LogP contribution in [0, 0.1) is 0 Å². The first-order chi connectivity index (χ1) is 10.1. The third-order valence-corrected chi connectivity index (χ3v) is 4.32. The molecule has 1 aromatic carbocycles. The first kappa shape index (κ1) is 14.0. The molecule has 0 bridgehead atoms. The Bertz CT molecular complexity index is 777. The molecule has 1 atom stereocenters.